The number of hydrogen-bond acceptors (Lipinski definition) is 12. The maximum atomic E-state index is 12.7. The summed E-state index contributed by atoms with van der Waals surface area (Å²) in [5.41, 5.74) is 9.86. The number of ketones is 2. The number of aliphatic imine (C=N–C) groups is 2. The number of Topliss-reactive ketones (excluding diaryl/α,β-unsaturated/α-hetero) is 2. The van der Waals surface area contributed by atoms with Crippen LogP contribution in [-0.4, -0.2) is 78.5 Å². The van der Waals surface area contributed by atoms with Crippen molar-refractivity contribution in [2.45, 2.75) is 0 Å². The van der Waals surface area contributed by atoms with E-state index in [2.05, 4.69) is 20.0 Å². The highest BCUT2D eigenvalue weighted by Crippen LogP contribution is 2.27. The molecule has 0 aromatic carbocycles. The molecule has 8 N–H and O–H groups in total. The molecule has 32 heavy (non-hydrogen) atoms. The third-order valence-electron chi connectivity index (χ3n) is 4.73. The van der Waals surface area contributed by atoms with Crippen molar-refractivity contribution in [3.63, 3.8) is 0 Å². The molecule has 0 fully saturated rings. The van der Waals surface area contributed by atoms with E-state index in [0.717, 1.165) is 12.4 Å². The van der Waals surface area contributed by atoms with Crippen molar-refractivity contribution in [3.05, 3.63) is 34.9 Å². The molecule has 2 aliphatic heterocycles. The minimum Gasteiger partial charge on any atom is -0.481 e. The number of aliphatic hydroxyl groups is 2. The van der Waals surface area contributed by atoms with Crippen molar-refractivity contribution < 1.29 is 39.6 Å². The highest BCUT2D eigenvalue weighted by Gasteiger charge is 2.37. The van der Waals surface area contributed by atoms with Crippen LogP contribution in [0.4, 0.5) is 11.6 Å². The Morgan fingerprint density at radius 3 is 1.31 bits per heavy atom. The molecular weight excluding hydrogens is 428 g/mol. The van der Waals surface area contributed by atoms with Gasteiger partial charge in [0.2, 0.25) is 11.6 Å². The van der Waals surface area contributed by atoms with Gasteiger partial charge in [-0.2, -0.15) is 0 Å². The number of aliphatic carboxylic acids is 2. The van der Waals surface area contributed by atoms with Crippen LogP contribution in [-0.2, 0) is 9.59 Å². The van der Waals surface area contributed by atoms with Crippen LogP contribution in [0, 0.1) is 11.8 Å². The van der Waals surface area contributed by atoms with Crippen molar-refractivity contribution in [2.75, 3.05) is 24.7 Å². The minimum atomic E-state index is -1.38. The summed E-state index contributed by atoms with van der Waals surface area (Å²) in [4.78, 5) is 62.8. The molecule has 0 radical (unpaired) electrons. The van der Waals surface area contributed by atoms with Crippen LogP contribution < -0.4 is 11.5 Å². The smallest absolute Gasteiger partial charge is 0.313 e. The van der Waals surface area contributed by atoms with E-state index in [-0.39, 0.29) is 22.6 Å². The Kier molecular flexibility index (Phi) is 5.91. The molecule has 0 amide bonds. The van der Waals surface area contributed by atoms with E-state index < -0.39 is 71.6 Å². The highest BCUT2D eigenvalue weighted by molar-refractivity contribution is 6.55. The number of nitrogens with two attached hydrogens (primary N) is 2. The summed E-state index contributed by atoms with van der Waals surface area (Å²) in [6.45, 7) is -1.54. The van der Waals surface area contributed by atoms with Crippen molar-refractivity contribution in [2.24, 2.45) is 21.8 Å². The van der Waals surface area contributed by atoms with Crippen molar-refractivity contribution in [3.8, 4) is 0 Å². The Bertz CT molecular complexity index is 1090. The molecule has 2 atom stereocenters. The predicted molar refractivity (Wildman–Crippen MR) is 107 cm³/mol. The molecule has 0 bridgehead atoms. The zero-order valence-electron chi connectivity index (χ0n) is 16.1. The van der Waals surface area contributed by atoms with Gasteiger partial charge in [-0.25, -0.2) is 9.97 Å². The Hall–Kier alpha value is -4.30. The molecule has 166 valence electrons. The summed E-state index contributed by atoms with van der Waals surface area (Å²) in [7, 11) is 0. The summed E-state index contributed by atoms with van der Waals surface area (Å²) in [5, 5.41) is 36.7. The number of carbonyl (C=O) groups is 4. The molecular formula is C18H16N6O8. The lowest BCUT2D eigenvalue weighted by molar-refractivity contribution is -0.142. The van der Waals surface area contributed by atoms with Gasteiger partial charge in [0, 0.05) is 23.5 Å². The van der Waals surface area contributed by atoms with Gasteiger partial charge in [0.05, 0.1) is 13.2 Å². The first-order chi connectivity index (χ1) is 15.1. The van der Waals surface area contributed by atoms with E-state index in [0.29, 0.717) is 0 Å². The van der Waals surface area contributed by atoms with Gasteiger partial charge in [-0.1, -0.05) is 0 Å². The van der Waals surface area contributed by atoms with Gasteiger partial charge in [-0.05, 0) is 0 Å². The van der Waals surface area contributed by atoms with Gasteiger partial charge in [-0.3, -0.25) is 29.2 Å². The summed E-state index contributed by atoms with van der Waals surface area (Å²) < 4.78 is 0. The summed E-state index contributed by atoms with van der Waals surface area (Å²) >= 11 is 0. The Labute approximate surface area is 178 Å². The van der Waals surface area contributed by atoms with E-state index in [4.69, 9.17) is 21.7 Å². The van der Waals surface area contributed by atoms with Gasteiger partial charge in [0.1, 0.15) is 23.3 Å². The van der Waals surface area contributed by atoms with Crippen LogP contribution in [0.25, 0.3) is 0 Å². The second kappa shape index (κ2) is 8.44. The van der Waals surface area contributed by atoms with Gasteiger partial charge >= 0.3 is 11.9 Å². The fourth-order valence-corrected chi connectivity index (χ4v) is 2.94. The fourth-order valence-electron chi connectivity index (χ4n) is 2.94. The minimum absolute atomic E-state index is 0.0350. The molecule has 2 aliphatic rings. The van der Waals surface area contributed by atoms with E-state index >= 15 is 0 Å². The van der Waals surface area contributed by atoms with E-state index in [1.54, 1.807) is 0 Å². The SMILES string of the molecule is Nc1nc(C(=O)C2=NC=C2[C@@H](CO)C(=O)O)c(N)nc1C(=O)C1=NC=C1[C@@H](CO)C(=O)O. The second-order valence-electron chi connectivity index (χ2n) is 6.62. The molecule has 14 nitrogen and oxygen atoms in total. The van der Waals surface area contributed by atoms with Gasteiger partial charge in [0.25, 0.3) is 0 Å². The lowest BCUT2D eigenvalue weighted by atomic mass is 9.89. The Morgan fingerprint density at radius 2 is 1.09 bits per heavy atom. The lowest BCUT2D eigenvalue weighted by Gasteiger charge is -2.21. The van der Waals surface area contributed by atoms with Crippen LogP contribution in [0.5, 0.6) is 0 Å². The third-order valence-corrected chi connectivity index (χ3v) is 4.73. The number of carbonyl (C=O) groups excluding carboxylic acids is 2. The van der Waals surface area contributed by atoms with E-state index in [1.165, 1.54) is 0 Å². The van der Waals surface area contributed by atoms with Crippen molar-refractivity contribution in [1.29, 1.82) is 0 Å². The number of carboxylic acids is 2. The highest BCUT2D eigenvalue weighted by atomic mass is 16.4. The average Bonchev–Trinajstić information content (AvgIpc) is 2.68. The lowest BCUT2D eigenvalue weighted by Crippen LogP contribution is -2.34. The van der Waals surface area contributed by atoms with Gasteiger partial charge in [-0.15, -0.1) is 0 Å². The molecule has 0 saturated heterocycles. The summed E-state index contributed by atoms with van der Waals surface area (Å²) in [6, 6.07) is 0. The van der Waals surface area contributed by atoms with Crippen LogP contribution in [0.2, 0.25) is 0 Å². The third kappa shape index (κ3) is 3.63. The standard InChI is InChI=1S/C18H16N6O8/c19-15-11(13(27)9-5(1-21-9)7(3-25)17(29)30)23-16(20)12(24-15)14(28)10-6(2-22-10)8(4-26)18(31)32/h1-2,7-8,25-26H,3-4H2,(H2,20,23)(H2,19,24)(H,29,30)(H,31,32)/t7-,8-/m1/s1. The predicted octanol–water partition coefficient (Wildman–Crippen LogP) is -1.93. The Balaban J connectivity index is 1.85. The monoisotopic (exact) mass is 444 g/mol. The molecule has 3 heterocycles. The number of anilines is 2. The van der Waals surface area contributed by atoms with E-state index in [9.17, 15) is 29.4 Å². The van der Waals surface area contributed by atoms with Crippen LogP contribution in [0.1, 0.15) is 21.0 Å². The maximum Gasteiger partial charge on any atom is 0.313 e. The maximum absolute atomic E-state index is 12.7. The molecule has 0 spiro atoms. The fraction of sp³-hybridized carbons (Fsp3) is 0.222. The molecule has 0 aliphatic carbocycles. The topological polar surface area (TPSA) is 252 Å². The first-order valence-electron chi connectivity index (χ1n) is 8.88. The summed E-state index contributed by atoms with van der Waals surface area (Å²) in [6.07, 6.45) is 2.21. The number of aliphatic hydroxyl groups excluding tert-OH is 2. The van der Waals surface area contributed by atoms with Crippen LogP contribution in [0.15, 0.2) is 33.5 Å². The summed E-state index contributed by atoms with van der Waals surface area (Å²) in [5.74, 6) is -8.35. The first-order valence-corrected chi connectivity index (χ1v) is 8.88. The first kappa shape index (κ1) is 22.4. The molecule has 0 unspecified atom stereocenters. The number of hydrogen-bond donors (Lipinski definition) is 6. The zero-order valence-corrected chi connectivity index (χ0v) is 16.1. The van der Waals surface area contributed by atoms with Crippen LogP contribution >= 0.6 is 0 Å². The van der Waals surface area contributed by atoms with Crippen molar-refractivity contribution >= 4 is 46.6 Å². The largest absolute Gasteiger partial charge is 0.481 e. The second-order valence-corrected chi connectivity index (χ2v) is 6.62. The number of nitrogens with zero attached hydrogens (tertiary/aromatic N) is 4. The zero-order chi connectivity index (χ0) is 23.7. The number of carboxylic acid groups (broad SMARTS) is 2. The number of aromatic nitrogens is 2. The Morgan fingerprint density at radius 1 is 0.750 bits per heavy atom. The van der Waals surface area contributed by atoms with Crippen molar-refractivity contribution in [1.82, 2.24) is 9.97 Å². The molecule has 3 rings (SSSR count). The molecule has 1 aromatic heterocycles. The van der Waals surface area contributed by atoms with Gasteiger partial charge < -0.3 is 31.9 Å². The molecule has 14 heteroatoms. The molecule has 0 saturated carbocycles. The quantitative estimate of drug-likeness (QED) is 0.216. The number of rotatable bonds is 10. The normalized spacial score (nSPS) is 16.3. The number of nitrogen functional groups attached to an aromatic ring is 2. The average molecular weight is 444 g/mol. The molecule has 1 aromatic rings. The van der Waals surface area contributed by atoms with Gasteiger partial charge in [0.15, 0.2) is 23.0 Å². The van der Waals surface area contributed by atoms with E-state index in [1.807, 2.05) is 0 Å². The van der Waals surface area contributed by atoms with Crippen LogP contribution in [0.3, 0.4) is 0 Å².